The number of rotatable bonds is 6. The van der Waals surface area contributed by atoms with Crippen molar-refractivity contribution in [1.29, 1.82) is 0 Å². The lowest BCUT2D eigenvalue weighted by atomic mass is 10.3. The standard InChI is InChI=1S/C16H15N5O5/c1-10-15(11(2)26-19-10)17-16(22)12-7-8-20(18-12)9-25-14-6-4-3-5-13(14)21(23)24/h3-8H,9H2,1-2H3,(H,17,22). The molecule has 3 rings (SSSR count). The summed E-state index contributed by atoms with van der Waals surface area (Å²) in [6, 6.07) is 7.54. The van der Waals surface area contributed by atoms with Crippen molar-refractivity contribution in [3.05, 3.63) is 63.8 Å². The van der Waals surface area contributed by atoms with Crippen molar-refractivity contribution in [2.24, 2.45) is 0 Å². The molecule has 0 aliphatic carbocycles. The Balaban J connectivity index is 1.67. The Bertz CT molecular complexity index is 942. The van der Waals surface area contributed by atoms with Gasteiger partial charge in [0.25, 0.3) is 5.91 Å². The molecule has 26 heavy (non-hydrogen) atoms. The molecule has 0 radical (unpaired) electrons. The molecule has 0 spiro atoms. The molecule has 134 valence electrons. The Morgan fingerprint density at radius 3 is 2.81 bits per heavy atom. The molecule has 0 atom stereocenters. The predicted octanol–water partition coefficient (Wildman–Crippen LogP) is 2.68. The van der Waals surface area contributed by atoms with E-state index in [2.05, 4.69) is 15.6 Å². The summed E-state index contributed by atoms with van der Waals surface area (Å²) in [5.41, 5.74) is 1.09. The SMILES string of the molecule is Cc1noc(C)c1NC(=O)c1ccn(COc2ccccc2[N+](=O)[O-])n1. The lowest BCUT2D eigenvalue weighted by Gasteiger charge is -2.06. The van der Waals surface area contributed by atoms with Gasteiger partial charge in [0.05, 0.1) is 4.92 Å². The summed E-state index contributed by atoms with van der Waals surface area (Å²) < 4.78 is 11.8. The second-order valence-corrected chi connectivity index (χ2v) is 5.39. The van der Waals surface area contributed by atoms with Gasteiger partial charge in [-0.1, -0.05) is 17.3 Å². The molecule has 10 heteroatoms. The van der Waals surface area contributed by atoms with Crippen LogP contribution in [0.25, 0.3) is 0 Å². The fourth-order valence-electron chi connectivity index (χ4n) is 2.26. The molecule has 0 saturated heterocycles. The van der Waals surface area contributed by atoms with E-state index in [4.69, 9.17) is 9.26 Å². The number of hydrogen-bond donors (Lipinski definition) is 1. The molecule has 0 unspecified atom stereocenters. The van der Waals surface area contributed by atoms with Crippen molar-refractivity contribution in [1.82, 2.24) is 14.9 Å². The summed E-state index contributed by atoms with van der Waals surface area (Å²) in [7, 11) is 0. The van der Waals surface area contributed by atoms with E-state index >= 15 is 0 Å². The van der Waals surface area contributed by atoms with Gasteiger partial charge in [0.15, 0.2) is 23.9 Å². The first-order valence-electron chi connectivity index (χ1n) is 7.59. The minimum atomic E-state index is -0.527. The van der Waals surface area contributed by atoms with E-state index in [1.54, 1.807) is 26.0 Å². The van der Waals surface area contributed by atoms with Crippen molar-refractivity contribution in [3.63, 3.8) is 0 Å². The largest absolute Gasteiger partial charge is 0.464 e. The van der Waals surface area contributed by atoms with Crippen molar-refractivity contribution in [2.45, 2.75) is 20.6 Å². The van der Waals surface area contributed by atoms with Gasteiger partial charge >= 0.3 is 5.69 Å². The summed E-state index contributed by atoms with van der Waals surface area (Å²) in [6.07, 6.45) is 1.54. The van der Waals surface area contributed by atoms with Crippen LogP contribution in [-0.4, -0.2) is 25.8 Å². The number of benzene rings is 1. The van der Waals surface area contributed by atoms with Gasteiger partial charge in [-0.3, -0.25) is 14.9 Å². The van der Waals surface area contributed by atoms with Crippen LogP contribution in [0.3, 0.4) is 0 Å². The molecular weight excluding hydrogens is 342 g/mol. The normalized spacial score (nSPS) is 10.5. The smallest absolute Gasteiger partial charge is 0.311 e. The van der Waals surface area contributed by atoms with Crippen molar-refractivity contribution in [2.75, 3.05) is 5.32 Å². The number of nitro groups is 1. The first-order valence-corrected chi connectivity index (χ1v) is 7.59. The predicted molar refractivity (Wildman–Crippen MR) is 89.9 cm³/mol. The Kier molecular flexibility index (Phi) is 4.65. The van der Waals surface area contributed by atoms with Crippen LogP contribution in [0, 0.1) is 24.0 Å². The third-order valence-corrected chi connectivity index (χ3v) is 3.56. The second kappa shape index (κ2) is 7.05. The van der Waals surface area contributed by atoms with Crippen LogP contribution in [-0.2, 0) is 6.73 Å². The number of ether oxygens (including phenoxy) is 1. The number of nitrogens with one attached hydrogen (secondary N) is 1. The highest BCUT2D eigenvalue weighted by Gasteiger charge is 2.17. The van der Waals surface area contributed by atoms with Crippen LogP contribution < -0.4 is 10.1 Å². The van der Waals surface area contributed by atoms with Gasteiger partial charge in [-0.2, -0.15) is 5.10 Å². The van der Waals surface area contributed by atoms with E-state index in [0.29, 0.717) is 17.1 Å². The molecule has 0 aliphatic rings. The van der Waals surface area contributed by atoms with E-state index < -0.39 is 10.8 Å². The number of amides is 1. The highest BCUT2D eigenvalue weighted by molar-refractivity contribution is 6.03. The van der Waals surface area contributed by atoms with Crippen LogP contribution in [0.15, 0.2) is 41.1 Å². The topological polar surface area (TPSA) is 125 Å². The summed E-state index contributed by atoms with van der Waals surface area (Å²) in [4.78, 5) is 22.7. The number of carbonyl (C=O) groups is 1. The van der Waals surface area contributed by atoms with Crippen LogP contribution in [0.5, 0.6) is 5.75 Å². The van der Waals surface area contributed by atoms with Crippen LogP contribution in [0.4, 0.5) is 11.4 Å². The summed E-state index contributed by atoms with van der Waals surface area (Å²) in [5.74, 6) is 0.188. The third kappa shape index (κ3) is 3.53. The molecule has 2 aromatic heterocycles. The molecule has 3 aromatic rings. The maximum atomic E-state index is 12.3. The van der Waals surface area contributed by atoms with Crippen LogP contribution in [0.1, 0.15) is 21.9 Å². The fraction of sp³-hybridized carbons (Fsp3) is 0.188. The number of aromatic nitrogens is 3. The Labute approximate surface area is 147 Å². The molecule has 0 saturated carbocycles. The lowest BCUT2D eigenvalue weighted by Crippen LogP contribution is -2.15. The molecule has 2 heterocycles. The van der Waals surface area contributed by atoms with Crippen molar-refractivity contribution >= 4 is 17.3 Å². The lowest BCUT2D eigenvalue weighted by molar-refractivity contribution is -0.386. The molecule has 0 bridgehead atoms. The maximum absolute atomic E-state index is 12.3. The van der Waals surface area contributed by atoms with Gasteiger partial charge in [-0.15, -0.1) is 0 Å². The second-order valence-electron chi connectivity index (χ2n) is 5.39. The van der Waals surface area contributed by atoms with Crippen molar-refractivity contribution in [3.8, 4) is 5.75 Å². The average molecular weight is 357 g/mol. The molecule has 0 aliphatic heterocycles. The Hall–Kier alpha value is -3.69. The average Bonchev–Trinajstić information content (AvgIpc) is 3.22. The number of aryl methyl sites for hydroxylation is 2. The molecule has 1 amide bonds. The van der Waals surface area contributed by atoms with Gasteiger partial charge in [-0.25, -0.2) is 4.68 Å². The maximum Gasteiger partial charge on any atom is 0.311 e. The number of carbonyl (C=O) groups excluding carboxylic acids is 1. The molecular formula is C16H15N5O5. The summed E-state index contributed by atoms with van der Waals surface area (Å²) in [6.45, 7) is 3.32. The summed E-state index contributed by atoms with van der Waals surface area (Å²) >= 11 is 0. The minimum absolute atomic E-state index is 0.0799. The highest BCUT2D eigenvalue weighted by atomic mass is 16.6. The van der Waals surface area contributed by atoms with Crippen LogP contribution >= 0.6 is 0 Å². The van der Waals surface area contributed by atoms with Gasteiger partial charge in [-0.05, 0) is 26.0 Å². The fourth-order valence-corrected chi connectivity index (χ4v) is 2.26. The quantitative estimate of drug-likeness (QED) is 0.531. The molecule has 1 aromatic carbocycles. The minimum Gasteiger partial charge on any atom is -0.464 e. The number of nitro benzene ring substituents is 1. The number of nitrogens with zero attached hydrogens (tertiary/aromatic N) is 4. The van der Waals surface area contributed by atoms with Gasteiger partial charge in [0.1, 0.15) is 11.4 Å². The highest BCUT2D eigenvalue weighted by Crippen LogP contribution is 2.26. The first-order chi connectivity index (χ1) is 12.5. The zero-order chi connectivity index (χ0) is 18.7. The van der Waals surface area contributed by atoms with Gasteiger partial charge < -0.3 is 14.6 Å². The van der Waals surface area contributed by atoms with E-state index in [1.165, 1.54) is 29.1 Å². The zero-order valence-electron chi connectivity index (χ0n) is 14.0. The first kappa shape index (κ1) is 17.1. The molecule has 1 N–H and O–H groups in total. The Morgan fingerprint density at radius 1 is 1.35 bits per heavy atom. The van der Waals surface area contributed by atoms with Gasteiger partial charge in [0, 0.05) is 12.3 Å². The van der Waals surface area contributed by atoms with E-state index in [0.717, 1.165) is 0 Å². The van der Waals surface area contributed by atoms with Crippen molar-refractivity contribution < 1.29 is 19.0 Å². The third-order valence-electron chi connectivity index (χ3n) is 3.56. The number of para-hydroxylation sites is 2. The number of anilines is 1. The number of hydrogen-bond acceptors (Lipinski definition) is 7. The molecule has 10 nitrogen and oxygen atoms in total. The zero-order valence-corrected chi connectivity index (χ0v) is 14.0. The van der Waals surface area contributed by atoms with E-state index in [9.17, 15) is 14.9 Å². The van der Waals surface area contributed by atoms with E-state index in [-0.39, 0.29) is 23.9 Å². The van der Waals surface area contributed by atoms with E-state index in [1.807, 2.05) is 0 Å². The monoisotopic (exact) mass is 357 g/mol. The Morgan fingerprint density at radius 2 is 2.12 bits per heavy atom. The summed E-state index contributed by atoms with van der Waals surface area (Å²) in [5, 5.41) is 21.5. The van der Waals surface area contributed by atoms with Gasteiger partial charge in [0.2, 0.25) is 0 Å². The van der Waals surface area contributed by atoms with Crippen LogP contribution in [0.2, 0.25) is 0 Å². The molecule has 0 fully saturated rings.